The lowest BCUT2D eigenvalue weighted by Crippen LogP contribution is -2.55. The van der Waals surface area contributed by atoms with Crippen molar-refractivity contribution in [1.29, 1.82) is 0 Å². The number of ether oxygens (including phenoxy) is 2. The Hall–Kier alpha value is -1.75. The summed E-state index contributed by atoms with van der Waals surface area (Å²) >= 11 is 1.97. The van der Waals surface area contributed by atoms with E-state index in [0.29, 0.717) is 28.1 Å². The molecule has 5 heteroatoms. The molecule has 1 aromatic carbocycles. The first-order chi connectivity index (χ1) is 18.2. The third kappa shape index (κ3) is 4.69. The van der Waals surface area contributed by atoms with Gasteiger partial charge in [-0.25, -0.2) is 0 Å². The van der Waals surface area contributed by atoms with E-state index in [-0.39, 0.29) is 16.1 Å². The number of rotatable bonds is 4. The van der Waals surface area contributed by atoms with Crippen LogP contribution in [0.3, 0.4) is 0 Å². The summed E-state index contributed by atoms with van der Waals surface area (Å²) in [5, 5.41) is 0.604. The number of carbonyl (C=O) groups excluding carboxylic acids is 2. The minimum absolute atomic E-state index is 0.142. The molecule has 7 atom stereocenters. The van der Waals surface area contributed by atoms with Gasteiger partial charge < -0.3 is 9.47 Å². The van der Waals surface area contributed by atoms with Crippen LogP contribution in [-0.2, 0) is 15.0 Å². The molecule has 0 bridgehead atoms. The second-order valence-electron chi connectivity index (χ2n) is 14.2. The lowest BCUT2D eigenvalue weighted by atomic mass is 9.41. The molecule has 7 unspecified atom stereocenters. The smallest absolute Gasteiger partial charge is 0.308 e. The SMILES string of the molecule is CC(=O)Oc1cc2c(c(C)c1OC(C)=O)C(SC(C)C)C=C1C2(C)CCC2C3CC(C)CCC3(C)CCC12C. The van der Waals surface area contributed by atoms with Crippen molar-refractivity contribution in [2.24, 2.45) is 28.6 Å². The highest BCUT2D eigenvalue weighted by Gasteiger charge is 2.60. The molecule has 0 spiro atoms. The van der Waals surface area contributed by atoms with E-state index >= 15 is 0 Å². The molecule has 4 aliphatic rings. The summed E-state index contributed by atoms with van der Waals surface area (Å²) in [7, 11) is 0. The number of thioether (sulfide) groups is 1. The van der Waals surface area contributed by atoms with Gasteiger partial charge in [-0.1, -0.05) is 59.6 Å². The van der Waals surface area contributed by atoms with E-state index < -0.39 is 11.9 Å². The quantitative estimate of drug-likeness (QED) is 0.212. The van der Waals surface area contributed by atoms with Crippen LogP contribution in [0, 0.1) is 35.5 Å². The van der Waals surface area contributed by atoms with Crippen molar-refractivity contribution < 1.29 is 19.1 Å². The molecule has 3 fully saturated rings. The molecule has 0 N–H and O–H groups in total. The van der Waals surface area contributed by atoms with Crippen LogP contribution >= 0.6 is 11.8 Å². The maximum atomic E-state index is 12.2. The Morgan fingerprint density at radius 3 is 2.31 bits per heavy atom. The lowest BCUT2D eigenvalue weighted by molar-refractivity contribution is -0.134. The molecule has 0 amide bonds. The number of hydrogen-bond donors (Lipinski definition) is 0. The normalized spacial score (nSPS) is 37.1. The van der Waals surface area contributed by atoms with E-state index in [9.17, 15) is 9.59 Å². The molecule has 0 radical (unpaired) electrons. The standard InChI is InChI=1S/C34H48O4S/c1-19(2)39-28-18-29-33(8,26-17-27(37-22(5)35)31(38-23(6)36)21(4)30(26)28)13-11-24-25-16-20(3)10-12-32(25,7)14-15-34(24,29)9/h17-20,24-25,28H,10-16H2,1-9H3. The van der Waals surface area contributed by atoms with Crippen molar-refractivity contribution >= 4 is 23.7 Å². The highest BCUT2D eigenvalue weighted by atomic mass is 32.2. The van der Waals surface area contributed by atoms with Crippen molar-refractivity contribution in [2.75, 3.05) is 0 Å². The van der Waals surface area contributed by atoms with Crippen molar-refractivity contribution in [3.63, 3.8) is 0 Å². The highest BCUT2D eigenvalue weighted by Crippen LogP contribution is 2.70. The van der Waals surface area contributed by atoms with Gasteiger partial charge in [0.15, 0.2) is 11.5 Å². The van der Waals surface area contributed by atoms with Crippen molar-refractivity contribution in [1.82, 2.24) is 0 Å². The van der Waals surface area contributed by atoms with Crippen LogP contribution in [0.5, 0.6) is 11.5 Å². The van der Waals surface area contributed by atoms with Crippen LogP contribution in [0.4, 0.5) is 0 Å². The summed E-state index contributed by atoms with van der Waals surface area (Å²) in [6.45, 7) is 19.4. The van der Waals surface area contributed by atoms with E-state index in [1.54, 1.807) is 5.57 Å². The van der Waals surface area contributed by atoms with Gasteiger partial charge in [-0.15, -0.1) is 11.8 Å². The van der Waals surface area contributed by atoms with Gasteiger partial charge in [0.1, 0.15) is 0 Å². The number of fused-ring (bicyclic) bond motifs is 7. The zero-order valence-corrected chi connectivity index (χ0v) is 26.3. The molecule has 1 aromatic rings. The first-order valence-electron chi connectivity index (χ1n) is 15.1. The summed E-state index contributed by atoms with van der Waals surface area (Å²) in [6, 6.07) is 2.04. The van der Waals surface area contributed by atoms with Gasteiger partial charge in [-0.05, 0) is 96.5 Å². The van der Waals surface area contributed by atoms with Gasteiger partial charge in [0.2, 0.25) is 0 Å². The third-order valence-electron chi connectivity index (χ3n) is 11.1. The highest BCUT2D eigenvalue weighted by molar-refractivity contribution is 8.00. The zero-order chi connectivity index (χ0) is 28.5. The summed E-state index contributed by atoms with van der Waals surface area (Å²) in [6.07, 6.45) is 11.6. The molecular weight excluding hydrogens is 504 g/mol. The van der Waals surface area contributed by atoms with Gasteiger partial charge in [0, 0.05) is 30.1 Å². The molecular formula is C34H48O4S. The molecule has 5 rings (SSSR count). The van der Waals surface area contributed by atoms with E-state index in [2.05, 4.69) is 47.6 Å². The van der Waals surface area contributed by atoms with Gasteiger partial charge in [0.25, 0.3) is 0 Å². The summed E-state index contributed by atoms with van der Waals surface area (Å²) in [5.41, 5.74) is 5.50. The topological polar surface area (TPSA) is 52.6 Å². The van der Waals surface area contributed by atoms with Gasteiger partial charge in [-0.3, -0.25) is 9.59 Å². The average molecular weight is 553 g/mol. The number of esters is 2. The Balaban J connectivity index is 1.69. The predicted octanol–water partition coefficient (Wildman–Crippen LogP) is 8.88. The molecule has 214 valence electrons. The molecule has 39 heavy (non-hydrogen) atoms. The number of hydrogen-bond acceptors (Lipinski definition) is 5. The Morgan fingerprint density at radius 2 is 1.67 bits per heavy atom. The van der Waals surface area contributed by atoms with Crippen LogP contribution in [-0.4, -0.2) is 17.2 Å². The van der Waals surface area contributed by atoms with Crippen LogP contribution in [0.2, 0.25) is 0 Å². The van der Waals surface area contributed by atoms with E-state index in [1.807, 2.05) is 24.8 Å². The Bertz CT molecular complexity index is 1220. The van der Waals surface area contributed by atoms with Crippen LogP contribution in [0.1, 0.15) is 122 Å². The molecule has 4 nitrogen and oxygen atoms in total. The third-order valence-corrected chi connectivity index (χ3v) is 12.3. The Kier molecular flexibility index (Phi) is 7.35. The maximum absolute atomic E-state index is 12.2. The molecule has 4 aliphatic carbocycles. The second kappa shape index (κ2) is 9.96. The monoisotopic (exact) mass is 552 g/mol. The maximum Gasteiger partial charge on any atom is 0.308 e. The molecule has 0 aromatic heterocycles. The van der Waals surface area contributed by atoms with Crippen molar-refractivity contribution in [3.8, 4) is 11.5 Å². The largest absolute Gasteiger partial charge is 0.423 e. The van der Waals surface area contributed by atoms with Crippen LogP contribution in [0.15, 0.2) is 17.7 Å². The first-order valence-corrected chi connectivity index (χ1v) is 16.1. The number of carbonyl (C=O) groups is 2. The van der Waals surface area contributed by atoms with Gasteiger partial charge in [0.05, 0.1) is 0 Å². The number of allylic oxidation sites excluding steroid dienone is 1. The molecule has 0 saturated heterocycles. The van der Waals surface area contributed by atoms with Crippen LogP contribution in [0.25, 0.3) is 0 Å². The summed E-state index contributed by atoms with van der Waals surface area (Å²) in [4.78, 5) is 24.3. The first kappa shape index (κ1) is 28.8. The fourth-order valence-corrected chi connectivity index (χ4v) is 10.4. The zero-order valence-electron chi connectivity index (χ0n) is 25.5. The molecule has 3 saturated carbocycles. The van der Waals surface area contributed by atoms with Crippen LogP contribution < -0.4 is 9.47 Å². The van der Waals surface area contributed by atoms with Gasteiger partial charge >= 0.3 is 11.9 Å². The Labute approximate surface area is 240 Å². The fourth-order valence-electron chi connectivity index (χ4n) is 9.19. The van der Waals surface area contributed by atoms with E-state index in [0.717, 1.165) is 23.8 Å². The number of benzene rings is 1. The van der Waals surface area contributed by atoms with E-state index in [4.69, 9.17) is 9.47 Å². The van der Waals surface area contributed by atoms with Crippen molar-refractivity contribution in [2.45, 2.75) is 123 Å². The second-order valence-corrected chi connectivity index (χ2v) is 15.9. The van der Waals surface area contributed by atoms with Crippen molar-refractivity contribution in [3.05, 3.63) is 34.4 Å². The lowest BCUT2D eigenvalue weighted by Gasteiger charge is -2.64. The fraction of sp³-hybridized carbons (Fsp3) is 0.706. The average Bonchev–Trinajstić information content (AvgIpc) is 2.82. The summed E-state index contributed by atoms with van der Waals surface area (Å²) in [5.74, 6) is 2.26. The Morgan fingerprint density at radius 1 is 0.974 bits per heavy atom. The minimum Gasteiger partial charge on any atom is -0.423 e. The predicted molar refractivity (Wildman–Crippen MR) is 159 cm³/mol. The van der Waals surface area contributed by atoms with Gasteiger partial charge in [-0.2, -0.15) is 0 Å². The molecule has 0 aliphatic heterocycles. The van der Waals surface area contributed by atoms with E-state index in [1.165, 1.54) is 63.5 Å². The minimum atomic E-state index is -0.405. The summed E-state index contributed by atoms with van der Waals surface area (Å²) < 4.78 is 11.4. The molecule has 0 heterocycles.